The minimum atomic E-state index is -0.490. The van der Waals surface area contributed by atoms with E-state index in [1.165, 1.54) is 19.3 Å². The number of hydrogen-bond acceptors (Lipinski definition) is 4. The van der Waals surface area contributed by atoms with E-state index in [1.807, 2.05) is 20.8 Å². The van der Waals surface area contributed by atoms with Crippen molar-refractivity contribution >= 4 is 11.9 Å². The van der Waals surface area contributed by atoms with Gasteiger partial charge in [0, 0.05) is 19.0 Å². The second-order valence-electron chi connectivity index (χ2n) is 6.84. The molecular formula is C16H30N2O3. The molecule has 21 heavy (non-hydrogen) atoms. The molecule has 122 valence electrons. The van der Waals surface area contributed by atoms with Gasteiger partial charge in [0.1, 0.15) is 5.60 Å². The SMILES string of the molecule is CC(CNC(=O)CCC(=O)OC(C)(C)C)N1CCCCC1. The summed E-state index contributed by atoms with van der Waals surface area (Å²) in [5.74, 6) is -0.397. The quantitative estimate of drug-likeness (QED) is 0.763. The molecule has 1 amide bonds. The molecule has 0 aromatic heterocycles. The number of ether oxygens (including phenoxy) is 1. The smallest absolute Gasteiger partial charge is 0.306 e. The molecule has 0 spiro atoms. The van der Waals surface area contributed by atoms with E-state index in [2.05, 4.69) is 17.1 Å². The Kier molecular flexibility index (Phi) is 7.15. The minimum Gasteiger partial charge on any atom is -0.460 e. The maximum Gasteiger partial charge on any atom is 0.306 e. The Bertz CT molecular complexity index is 344. The standard InChI is InChI=1S/C16H30N2O3/c1-13(18-10-6-5-7-11-18)12-17-14(19)8-9-15(20)21-16(2,3)4/h13H,5-12H2,1-4H3,(H,17,19). The van der Waals surface area contributed by atoms with Crippen LogP contribution in [0, 0.1) is 0 Å². The number of carbonyl (C=O) groups is 2. The van der Waals surface area contributed by atoms with Crippen LogP contribution in [-0.4, -0.2) is 48.1 Å². The van der Waals surface area contributed by atoms with Gasteiger partial charge in [-0.15, -0.1) is 0 Å². The van der Waals surface area contributed by atoms with Gasteiger partial charge in [0.25, 0.3) is 0 Å². The van der Waals surface area contributed by atoms with Gasteiger partial charge in [0.05, 0.1) is 6.42 Å². The van der Waals surface area contributed by atoms with Crippen LogP contribution < -0.4 is 5.32 Å². The lowest BCUT2D eigenvalue weighted by molar-refractivity contribution is -0.155. The predicted octanol–water partition coefficient (Wildman–Crippen LogP) is 2.10. The summed E-state index contributed by atoms with van der Waals surface area (Å²) < 4.78 is 5.18. The van der Waals surface area contributed by atoms with Crippen LogP contribution in [0.2, 0.25) is 0 Å². The highest BCUT2D eigenvalue weighted by Crippen LogP contribution is 2.12. The number of rotatable bonds is 6. The molecule has 1 heterocycles. The third-order valence-corrected chi connectivity index (χ3v) is 3.58. The van der Waals surface area contributed by atoms with Gasteiger partial charge in [-0.3, -0.25) is 14.5 Å². The van der Waals surface area contributed by atoms with Crippen LogP contribution in [0.4, 0.5) is 0 Å². The zero-order valence-electron chi connectivity index (χ0n) is 13.9. The van der Waals surface area contributed by atoms with Crippen molar-refractivity contribution in [3.8, 4) is 0 Å². The first kappa shape index (κ1) is 18.0. The maximum absolute atomic E-state index is 11.8. The van der Waals surface area contributed by atoms with Gasteiger partial charge in [-0.05, 0) is 53.6 Å². The second-order valence-corrected chi connectivity index (χ2v) is 6.84. The highest BCUT2D eigenvalue weighted by Gasteiger charge is 2.19. The summed E-state index contributed by atoms with van der Waals surface area (Å²) in [4.78, 5) is 25.7. The summed E-state index contributed by atoms with van der Waals surface area (Å²) in [6.45, 7) is 10.5. The lowest BCUT2D eigenvalue weighted by atomic mass is 10.1. The maximum atomic E-state index is 11.8. The van der Waals surface area contributed by atoms with Crippen molar-refractivity contribution in [1.82, 2.24) is 10.2 Å². The lowest BCUT2D eigenvalue weighted by Crippen LogP contribution is -2.44. The van der Waals surface area contributed by atoms with E-state index >= 15 is 0 Å². The molecule has 1 aliphatic rings. The van der Waals surface area contributed by atoms with Crippen LogP contribution >= 0.6 is 0 Å². The number of carbonyl (C=O) groups excluding carboxylic acids is 2. The molecule has 0 aromatic carbocycles. The molecule has 0 aromatic rings. The van der Waals surface area contributed by atoms with E-state index in [-0.39, 0.29) is 24.7 Å². The summed E-state index contributed by atoms with van der Waals surface area (Å²) in [6, 6.07) is 0.357. The van der Waals surface area contributed by atoms with E-state index in [0.717, 1.165) is 13.1 Å². The second kappa shape index (κ2) is 8.37. The fourth-order valence-electron chi connectivity index (χ4n) is 2.45. The predicted molar refractivity (Wildman–Crippen MR) is 83.0 cm³/mol. The van der Waals surface area contributed by atoms with Gasteiger partial charge >= 0.3 is 5.97 Å². The van der Waals surface area contributed by atoms with Gasteiger partial charge in [0.15, 0.2) is 0 Å². The van der Waals surface area contributed by atoms with E-state index < -0.39 is 5.60 Å². The number of hydrogen-bond donors (Lipinski definition) is 1. The average Bonchev–Trinajstić information content (AvgIpc) is 2.41. The third kappa shape index (κ3) is 8.05. The number of amides is 1. The van der Waals surface area contributed by atoms with Crippen LogP contribution in [0.15, 0.2) is 0 Å². The van der Waals surface area contributed by atoms with Gasteiger partial charge in [-0.2, -0.15) is 0 Å². The largest absolute Gasteiger partial charge is 0.460 e. The average molecular weight is 298 g/mol. The van der Waals surface area contributed by atoms with Crippen LogP contribution in [0.25, 0.3) is 0 Å². The normalized spacial score (nSPS) is 18.1. The summed E-state index contributed by atoms with van der Waals surface area (Å²) in [5, 5.41) is 2.91. The van der Waals surface area contributed by atoms with Crippen molar-refractivity contribution in [1.29, 1.82) is 0 Å². The Morgan fingerprint density at radius 2 is 1.76 bits per heavy atom. The number of esters is 1. The number of piperidine rings is 1. The molecule has 1 fully saturated rings. The Hall–Kier alpha value is -1.10. The lowest BCUT2D eigenvalue weighted by Gasteiger charge is -2.32. The molecule has 1 atom stereocenters. The molecule has 1 rings (SSSR count). The van der Waals surface area contributed by atoms with Gasteiger partial charge in [-0.1, -0.05) is 6.42 Å². The van der Waals surface area contributed by atoms with E-state index in [0.29, 0.717) is 12.6 Å². The number of nitrogens with one attached hydrogen (secondary N) is 1. The first-order valence-corrected chi connectivity index (χ1v) is 8.00. The highest BCUT2D eigenvalue weighted by atomic mass is 16.6. The van der Waals surface area contributed by atoms with E-state index in [9.17, 15) is 9.59 Å². The van der Waals surface area contributed by atoms with E-state index in [4.69, 9.17) is 4.74 Å². The summed E-state index contributed by atoms with van der Waals surface area (Å²) in [6.07, 6.45) is 4.14. The molecule has 0 bridgehead atoms. The number of likely N-dealkylation sites (tertiary alicyclic amines) is 1. The molecule has 5 nitrogen and oxygen atoms in total. The zero-order valence-corrected chi connectivity index (χ0v) is 13.9. The Morgan fingerprint density at radius 3 is 2.33 bits per heavy atom. The highest BCUT2D eigenvalue weighted by molar-refractivity contribution is 5.81. The van der Waals surface area contributed by atoms with Crippen molar-refractivity contribution < 1.29 is 14.3 Å². The van der Waals surface area contributed by atoms with Crippen LogP contribution in [0.3, 0.4) is 0 Å². The minimum absolute atomic E-state index is 0.0790. The summed E-state index contributed by atoms with van der Waals surface area (Å²) in [7, 11) is 0. The van der Waals surface area contributed by atoms with Crippen LogP contribution in [0.5, 0.6) is 0 Å². The van der Waals surface area contributed by atoms with Crippen molar-refractivity contribution in [2.24, 2.45) is 0 Å². The third-order valence-electron chi connectivity index (χ3n) is 3.58. The van der Waals surface area contributed by atoms with Gasteiger partial charge < -0.3 is 10.1 Å². The zero-order chi connectivity index (χ0) is 15.9. The van der Waals surface area contributed by atoms with Crippen molar-refractivity contribution in [3.05, 3.63) is 0 Å². The molecule has 0 radical (unpaired) electrons. The molecular weight excluding hydrogens is 268 g/mol. The topological polar surface area (TPSA) is 58.6 Å². The Balaban J connectivity index is 2.17. The first-order valence-electron chi connectivity index (χ1n) is 8.00. The van der Waals surface area contributed by atoms with Gasteiger partial charge in [-0.25, -0.2) is 0 Å². The molecule has 0 saturated carbocycles. The molecule has 0 aliphatic carbocycles. The van der Waals surface area contributed by atoms with Crippen molar-refractivity contribution in [2.75, 3.05) is 19.6 Å². The first-order chi connectivity index (χ1) is 9.78. The Morgan fingerprint density at radius 1 is 1.14 bits per heavy atom. The van der Waals surface area contributed by atoms with Crippen LogP contribution in [-0.2, 0) is 14.3 Å². The van der Waals surface area contributed by atoms with Crippen LogP contribution in [0.1, 0.15) is 59.8 Å². The monoisotopic (exact) mass is 298 g/mol. The molecule has 1 saturated heterocycles. The van der Waals surface area contributed by atoms with E-state index in [1.54, 1.807) is 0 Å². The van der Waals surface area contributed by atoms with Crippen molar-refractivity contribution in [3.63, 3.8) is 0 Å². The fraction of sp³-hybridized carbons (Fsp3) is 0.875. The Labute approximate surface area is 128 Å². The molecule has 1 aliphatic heterocycles. The van der Waals surface area contributed by atoms with Gasteiger partial charge in [0.2, 0.25) is 5.91 Å². The number of nitrogens with zero attached hydrogens (tertiary/aromatic N) is 1. The molecule has 1 unspecified atom stereocenters. The molecule has 5 heteroatoms. The fourth-order valence-corrected chi connectivity index (χ4v) is 2.45. The summed E-state index contributed by atoms with van der Waals surface area (Å²) in [5.41, 5.74) is -0.490. The van der Waals surface area contributed by atoms with Crippen molar-refractivity contribution in [2.45, 2.75) is 71.4 Å². The summed E-state index contributed by atoms with van der Waals surface area (Å²) >= 11 is 0. The molecule has 1 N–H and O–H groups in total.